The lowest BCUT2D eigenvalue weighted by molar-refractivity contribution is 0.625. The number of H-pyrrole nitrogens is 1. The molecule has 124 valence electrons. The molecule has 1 N–H and O–H groups in total. The Hall–Kier alpha value is -2.65. The monoisotopic (exact) mass is 350 g/mol. The zero-order valence-electron chi connectivity index (χ0n) is 13.5. The second-order valence-corrected chi connectivity index (χ2v) is 6.43. The Morgan fingerprint density at radius 3 is 2.80 bits per heavy atom. The van der Waals surface area contributed by atoms with E-state index in [-0.39, 0.29) is 5.82 Å². The van der Waals surface area contributed by atoms with Crippen molar-refractivity contribution in [1.82, 2.24) is 4.98 Å². The molecule has 2 aromatic carbocycles. The van der Waals surface area contributed by atoms with Crippen LogP contribution in [-0.4, -0.2) is 10.7 Å². The third-order valence-electron chi connectivity index (χ3n) is 4.43. The highest BCUT2D eigenvalue weighted by Gasteiger charge is 2.23. The maximum Gasteiger partial charge on any atom is 0.132 e. The minimum atomic E-state index is -0.286. The van der Waals surface area contributed by atoms with Crippen LogP contribution in [0.5, 0.6) is 0 Å². The normalized spacial score (nSPS) is 12.8. The van der Waals surface area contributed by atoms with Crippen molar-refractivity contribution in [3.63, 3.8) is 0 Å². The lowest BCUT2D eigenvalue weighted by Crippen LogP contribution is -2.07. The number of hydrogen-bond acceptors (Lipinski definition) is 1. The number of aliphatic imine (C=N–C) groups is 1. The fraction of sp³-hybridized carbons (Fsp3) is 0.0952. The Morgan fingerprint density at radius 2 is 2.00 bits per heavy atom. The Morgan fingerprint density at radius 1 is 1.16 bits per heavy atom. The highest BCUT2D eigenvalue weighted by Crippen LogP contribution is 2.37. The first-order valence-electron chi connectivity index (χ1n) is 8.08. The van der Waals surface area contributed by atoms with Crippen molar-refractivity contribution in [2.24, 2.45) is 4.99 Å². The van der Waals surface area contributed by atoms with Gasteiger partial charge in [-0.3, -0.25) is 4.99 Å². The number of halogens is 2. The van der Waals surface area contributed by atoms with Gasteiger partial charge in [0.15, 0.2) is 0 Å². The van der Waals surface area contributed by atoms with E-state index >= 15 is 0 Å². The minimum Gasteiger partial charge on any atom is -0.364 e. The van der Waals surface area contributed by atoms with Gasteiger partial charge in [-0.05, 0) is 35.4 Å². The number of nitrogens with zero attached hydrogens (tertiary/aromatic N) is 1. The summed E-state index contributed by atoms with van der Waals surface area (Å²) >= 11 is 6.25. The number of rotatable bonds is 3. The molecule has 0 fully saturated rings. The average Bonchev–Trinajstić information content (AvgIpc) is 2.92. The summed E-state index contributed by atoms with van der Waals surface area (Å²) in [6.45, 7) is 4.32. The maximum absolute atomic E-state index is 14.4. The van der Waals surface area contributed by atoms with E-state index in [4.69, 9.17) is 16.6 Å². The first-order valence-corrected chi connectivity index (χ1v) is 8.46. The van der Waals surface area contributed by atoms with Crippen molar-refractivity contribution >= 4 is 17.3 Å². The SMILES string of the molecule is C=CCc1[nH]cc2c1-c1ccc(Cl)cc1C(c1ccccc1F)=NC2. The molecule has 2 heterocycles. The van der Waals surface area contributed by atoms with E-state index in [9.17, 15) is 4.39 Å². The lowest BCUT2D eigenvalue weighted by Gasteiger charge is -2.13. The molecule has 4 rings (SSSR count). The standard InChI is InChI=1S/C21H16ClFN2/c1-2-5-19-20-13(11-24-19)12-25-21(16-6-3-4-7-18(16)23)17-10-14(22)8-9-15(17)20/h2-4,6-11,24H,1,5,12H2. The third-order valence-corrected chi connectivity index (χ3v) is 4.67. The van der Waals surface area contributed by atoms with Gasteiger partial charge in [-0.1, -0.05) is 35.9 Å². The molecule has 25 heavy (non-hydrogen) atoms. The summed E-state index contributed by atoms with van der Waals surface area (Å²) in [5.41, 5.74) is 6.27. The number of aromatic nitrogens is 1. The van der Waals surface area contributed by atoms with Crippen molar-refractivity contribution in [2.75, 3.05) is 0 Å². The molecule has 0 amide bonds. The van der Waals surface area contributed by atoms with Crippen LogP contribution < -0.4 is 0 Å². The van der Waals surface area contributed by atoms with Gasteiger partial charge in [-0.15, -0.1) is 6.58 Å². The molecule has 0 spiro atoms. The number of fused-ring (bicyclic) bond motifs is 3. The summed E-state index contributed by atoms with van der Waals surface area (Å²) in [6.07, 6.45) is 4.57. The summed E-state index contributed by atoms with van der Waals surface area (Å²) in [6, 6.07) is 12.4. The molecule has 0 atom stereocenters. The average molecular weight is 351 g/mol. The Balaban J connectivity index is 1.99. The van der Waals surface area contributed by atoms with Gasteiger partial charge < -0.3 is 4.98 Å². The van der Waals surface area contributed by atoms with Crippen molar-refractivity contribution in [3.8, 4) is 11.1 Å². The smallest absolute Gasteiger partial charge is 0.132 e. The quantitative estimate of drug-likeness (QED) is 0.599. The molecule has 0 radical (unpaired) electrons. The Bertz CT molecular complexity index is 1000. The van der Waals surface area contributed by atoms with E-state index in [1.807, 2.05) is 36.5 Å². The first kappa shape index (κ1) is 15.9. The predicted molar refractivity (Wildman–Crippen MR) is 101 cm³/mol. The summed E-state index contributed by atoms with van der Waals surface area (Å²) in [4.78, 5) is 8.04. The van der Waals surface area contributed by atoms with Crippen molar-refractivity contribution < 1.29 is 4.39 Å². The molecular formula is C21H16ClFN2. The third kappa shape index (κ3) is 2.71. The van der Waals surface area contributed by atoms with Crippen LogP contribution in [0.2, 0.25) is 5.02 Å². The first-order chi connectivity index (χ1) is 12.2. The topological polar surface area (TPSA) is 28.1 Å². The number of benzene rings is 2. The van der Waals surface area contributed by atoms with E-state index in [0.29, 0.717) is 22.8 Å². The molecule has 0 saturated heterocycles. The molecular weight excluding hydrogens is 335 g/mol. The Labute approximate surface area is 150 Å². The van der Waals surface area contributed by atoms with Crippen molar-refractivity contribution in [3.05, 3.63) is 94.5 Å². The molecule has 2 nitrogen and oxygen atoms in total. The van der Waals surface area contributed by atoms with Crippen LogP contribution in [0.3, 0.4) is 0 Å². The van der Waals surface area contributed by atoms with Gasteiger partial charge in [0.25, 0.3) is 0 Å². The fourth-order valence-electron chi connectivity index (χ4n) is 3.34. The summed E-state index contributed by atoms with van der Waals surface area (Å²) in [7, 11) is 0. The molecule has 1 aliphatic heterocycles. The van der Waals surface area contributed by atoms with Gasteiger partial charge >= 0.3 is 0 Å². The molecule has 0 unspecified atom stereocenters. The van der Waals surface area contributed by atoms with Gasteiger partial charge in [0.1, 0.15) is 5.82 Å². The highest BCUT2D eigenvalue weighted by molar-refractivity contribution is 6.31. The lowest BCUT2D eigenvalue weighted by atomic mass is 9.92. The Kier molecular flexibility index (Phi) is 4.02. The molecule has 0 aliphatic carbocycles. The van der Waals surface area contributed by atoms with Crippen LogP contribution in [0.15, 0.2) is 66.3 Å². The van der Waals surface area contributed by atoms with Gasteiger partial charge in [0.05, 0.1) is 12.3 Å². The number of hydrogen-bond donors (Lipinski definition) is 1. The van der Waals surface area contributed by atoms with E-state index in [1.54, 1.807) is 12.1 Å². The molecule has 1 aromatic heterocycles. The number of allylic oxidation sites excluding steroid dienone is 1. The second-order valence-electron chi connectivity index (χ2n) is 5.99. The van der Waals surface area contributed by atoms with Crippen LogP contribution >= 0.6 is 11.6 Å². The van der Waals surface area contributed by atoms with Gasteiger partial charge in [0.2, 0.25) is 0 Å². The van der Waals surface area contributed by atoms with E-state index in [0.717, 1.165) is 34.4 Å². The van der Waals surface area contributed by atoms with Crippen LogP contribution in [0.4, 0.5) is 4.39 Å². The second kappa shape index (κ2) is 6.34. The molecule has 0 saturated carbocycles. The van der Waals surface area contributed by atoms with Crippen LogP contribution in [0, 0.1) is 5.82 Å². The predicted octanol–water partition coefficient (Wildman–Crippen LogP) is 5.55. The summed E-state index contributed by atoms with van der Waals surface area (Å²) in [5.74, 6) is -0.286. The molecule has 1 aliphatic rings. The van der Waals surface area contributed by atoms with E-state index < -0.39 is 0 Å². The molecule has 3 aromatic rings. The van der Waals surface area contributed by atoms with Crippen molar-refractivity contribution in [2.45, 2.75) is 13.0 Å². The zero-order chi connectivity index (χ0) is 17.4. The van der Waals surface area contributed by atoms with Gasteiger partial charge in [0, 0.05) is 40.0 Å². The number of aromatic amines is 1. The molecule has 4 heteroatoms. The van der Waals surface area contributed by atoms with Crippen LogP contribution in [0.1, 0.15) is 22.4 Å². The van der Waals surface area contributed by atoms with E-state index in [1.165, 1.54) is 6.07 Å². The fourth-order valence-corrected chi connectivity index (χ4v) is 3.51. The minimum absolute atomic E-state index is 0.286. The summed E-state index contributed by atoms with van der Waals surface area (Å²) < 4.78 is 14.4. The highest BCUT2D eigenvalue weighted by atomic mass is 35.5. The van der Waals surface area contributed by atoms with Gasteiger partial charge in [-0.2, -0.15) is 0 Å². The van der Waals surface area contributed by atoms with Crippen LogP contribution in [-0.2, 0) is 13.0 Å². The van der Waals surface area contributed by atoms with Crippen molar-refractivity contribution in [1.29, 1.82) is 0 Å². The largest absolute Gasteiger partial charge is 0.364 e. The van der Waals surface area contributed by atoms with E-state index in [2.05, 4.69) is 11.6 Å². The maximum atomic E-state index is 14.4. The van der Waals surface area contributed by atoms with Gasteiger partial charge in [-0.25, -0.2) is 4.39 Å². The summed E-state index contributed by atoms with van der Waals surface area (Å²) in [5, 5.41) is 0.604. The number of nitrogens with one attached hydrogen (secondary N) is 1. The van der Waals surface area contributed by atoms with Crippen LogP contribution in [0.25, 0.3) is 11.1 Å². The molecule has 0 bridgehead atoms. The zero-order valence-corrected chi connectivity index (χ0v) is 14.3.